The number of carboxylic acid groups (broad SMARTS) is 1. The number of benzene rings is 2. The molecule has 0 spiro atoms. The summed E-state index contributed by atoms with van der Waals surface area (Å²) in [6.45, 7) is 3.09. The molecule has 1 unspecified atom stereocenters. The lowest BCUT2D eigenvalue weighted by atomic mass is 9.98. The molecule has 2 aromatic carbocycles. The van der Waals surface area contributed by atoms with Crippen molar-refractivity contribution in [2.45, 2.75) is 31.7 Å². The van der Waals surface area contributed by atoms with Gasteiger partial charge in [-0.3, -0.25) is 14.4 Å². The van der Waals surface area contributed by atoms with Crippen molar-refractivity contribution in [3.8, 4) is 11.1 Å². The number of aliphatic carboxylic acids is 1. The standard InChI is InChI=1S/C26H29N3O6/c1-17(30)28-11-6-12-29(14-13-28)25(33)23(15-24(31)32)27-26(34)35-16-22-20-9-4-2-7-18(20)19-8-3-5-10-21(19)22/h2-5,7-10,22-23H,6,11-16H2,1H3,(H,27,34)(H,31,32). The molecule has 1 atom stereocenters. The number of nitrogens with zero attached hydrogens (tertiary/aromatic N) is 2. The first-order valence-corrected chi connectivity index (χ1v) is 11.7. The maximum absolute atomic E-state index is 13.1. The second-order valence-electron chi connectivity index (χ2n) is 8.81. The Hall–Kier alpha value is -3.88. The Morgan fingerprint density at radius 2 is 1.51 bits per heavy atom. The van der Waals surface area contributed by atoms with Crippen LogP contribution in [0.5, 0.6) is 0 Å². The second-order valence-corrected chi connectivity index (χ2v) is 8.81. The number of carbonyl (C=O) groups is 4. The Balaban J connectivity index is 1.41. The van der Waals surface area contributed by atoms with E-state index in [1.165, 1.54) is 11.8 Å². The van der Waals surface area contributed by atoms with E-state index >= 15 is 0 Å². The van der Waals surface area contributed by atoms with Crippen LogP contribution in [0, 0.1) is 0 Å². The Kier molecular flexibility index (Phi) is 7.33. The maximum atomic E-state index is 13.1. The third kappa shape index (κ3) is 5.45. The van der Waals surface area contributed by atoms with Crippen molar-refractivity contribution in [2.75, 3.05) is 32.8 Å². The number of alkyl carbamates (subject to hydrolysis) is 1. The molecule has 2 aromatic rings. The molecule has 1 heterocycles. The first kappa shape index (κ1) is 24.3. The molecule has 0 radical (unpaired) electrons. The van der Waals surface area contributed by atoms with E-state index in [-0.39, 0.29) is 25.0 Å². The minimum Gasteiger partial charge on any atom is -0.481 e. The van der Waals surface area contributed by atoms with Gasteiger partial charge in [0.2, 0.25) is 11.8 Å². The van der Waals surface area contributed by atoms with Crippen molar-refractivity contribution >= 4 is 23.9 Å². The van der Waals surface area contributed by atoms with Crippen molar-refractivity contribution in [3.05, 3.63) is 59.7 Å². The lowest BCUT2D eigenvalue weighted by Crippen LogP contribution is -2.50. The van der Waals surface area contributed by atoms with Crippen molar-refractivity contribution in [1.29, 1.82) is 0 Å². The summed E-state index contributed by atoms with van der Waals surface area (Å²) >= 11 is 0. The van der Waals surface area contributed by atoms with Gasteiger partial charge in [-0.15, -0.1) is 0 Å². The molecular weight excluding hydrogens is 450 g/mol. The van der Waals surface area contributed by atoms with E-state index in [9.17, 15) is 24.3 Å². The maximum Gasteiger partial charge on any atom is 0.407 e. The first-order valence-electron chi connectivity index (χ1n) is 11.7. The average Bonchev–Trinajstić information content (AvgIpc) is 2.97. The topological polar surface area (TPSA) is 116 Å². The summed E-state index contributed by atoms with van der Waals surface area (Å²) in [5, 5.41) is 11.8. The van der Waals surface area contributed by atoms with Gasteiger partial charge in [0.05, 0.1) is 6.42 Å². The van der Waals surface area contributed by atoms with E-state index in [1.54, 1.807) is 4.90 Å². The van der Waals surface area contributed by atoms with Gasteiger partial charge >= 0.3 is 12.1 Å². The number of fused-ring (bicyclic) bond motifs is 3. The molecule has 1 aliphatic heterocycles. The molecule has 9 nitrogen and oxygen atoms in total. The van der Waals surface area contributed by atoms with Crippen molar-refractivity contribution < 1.29 is 29.0 Å². The normalized spacial score (nSPS) is 16.0. The smallest absolute Gasteiger partial charge is 0.407 e. The number of hydrogen-bond acceptors (Lipinski definition) is 5. The van der Waals surface area contributed by atoms with Gasteiger partial charge in [-0.1, -0.05) is 48.5 Å². The molecule has 3 amide bonds. The van der Waals surface area contributed by atoms with Gasteiger partial charge in [0, 0.05) is 39.0 Å². The number of ether oxygens (including phenoxy) is 1. The highest BCUT2D eigenvalue weighted by molar-refractivity contribution is 5.89. The molecule has 35 heavy (non-hydrogen) atoms. The Morgan fingerprint density at radius 1 is 0.943 bits per heavy atom. The Labute approximate surface area is 203 Å². The predicted octanol–water partition coefficient (Wildman–Crippen LogP) is 2.45. The van der Waals surface area contributed by atoms with E-state index in [0.29, 0.717) is 26.1 Å². The monoisotopic (exact) mass is 479 g/mol. The summed E-state index contributed by atoms with van der Waals surface area (Å²) in [4.78, 5) is 52.0. The van der Waals surface area contributed by atoms with Crippen LogP contribution in [0.1, 0.15) is 36.8 Å². The van der Waals surface area contributed by atoms with E-state index < -0.39 is 30.4 Å². The van der Waals surface area contributed by atoms with Crippen LogP contribution in [0.2, 0.25) is 0 Å². The highest BCUT2D eigenvalue weighted by Crippen LogP contribution is 2.44. The highest BCUT2D eigenvalue weighted by Gasteiger charge is 2.32. The van der Waals surface area contributed by atoms with Gasteiger partial charge in [0.25, 0.3) is 0 Å². The zero-order valence-electron chi connectivity index (χ0n) is 19.6. The number of carbonyl (C=O) groups excluding carboxylic acids is 3. The molecular formula is C26H29N3O6. The highest BCUT2D eigenvalue weighted by atomic mass is 16.5. The summed E-state index contributed by atoms with van der Waals surface area (Å²) < 4.78 is 5.50. The molecule has 1 aliphatic carbocycles. The third-order valence-corrected chi connectivity index (χ3v) is 6.57. The van der Waals surface area contributed by atoms with Crippen molar-refractivity contribution in [3.63, 3.8) is 0 Å². The third-order valence-electron chi connectivity index (χ3n) is 6.57. The molecule has 0 saturated carbocycles. The van der Waals surface area contributed by atoms with Crippen molar-refractivity contribution in [1.82, 2.24) is 15.1 Å². The number of hydrogen-bond donors (Lipinski definition) is 2. The van der Waals surface area contributed by atoms with Crippen LogP contribution in [0.4, 0.5) is 4.79 Å². The number of amides is 3. The average molecular weight is 480 g/mol. The number of nitrogens with one attached hydrogen (secondary N) is 1. The van der Waals surface area contributed by atoms with Crippen LogP contribution < -0.4 is 5.32 Å². The van der Waals surface area contributed by atoms with Crippen LogP contribution in [0.15, 0.2) is 48.5 Å². The zero-order valence-corrected chi connectivity index (χ0v) is 19.6. The Bertz CT molecular complexity index is 1090. The molecule has 2 aliphatic rings. The van der Waals surface area contributed by atoms with Crippen molar-refractivity contribution in [2.24, 2.45) is 0 Å². The van der Waals surface area contributed by atoms with Gasteiger partial charge in [-0.2, -0.15) is 0 Å². The Morgan fingerprint density at radius 3 is 2.11 bits per heavy atom. The van der Waals surface area contributed by atoms with Crippen LogP contribution in [0.25, 0.3) is 11.1 Å². The van der Waals surface area contributed by atoms with E-state index in [4.69, 9.17) is 4.74 Å². The minimum absolute atomic E-state index is 0.0606. The lowest BCUT2D eigenvalue weighted by Gasteiger charge is -2.26. The number of carboxylic acids is 1. The van der Waals surface area contributed by atoms with Gasteiger partial charge in [-0.05, 0) is 28.7 Å². The largest absolute Gasteiger partial charge is 0.481 e. The fourth-order valence-electron chi connectivity index (χ4n) is 4.83. The summed E-state index contributed by atoms with van der Waals surface area (Å²) in [5.41, 5.74) is 4.30. The summed E-state index contributed by atoms with van der Waals surface area (Å²) in [6.07, 6.45) is -0.821. The summed E-state index contributed by atoms with van der Waals surface area (Å²) in [6, 6.07) is 14.6. The summed E-state index contributed by atoms with van der Waals surface area (Å²) in [7, 11) is 0. The van der Waals surface area contributed by atoms with Gasteiger partial charge in [-0.25, -0.2) is 4.79 Å². The van der Waals surface area contributed by atoms with Crippen LogP contribution in [-0.4, -0.2) is 77.6 Å². The second kappa shape index (κ2) is 10.6. The van der Waals surface area contributed by atoms with Crippen LogP contribution >= 0.6 is 0 Å². The SMILES string of the molecule is CC(=O)N1CCCN(C(=O)C(CC(=O)O)NC(=O)OCC2c3ccccc3-c3ccccc32)CC1. The quantitative estimate of drug-likeness (QED) is 0.658. The zero-order chi connectivity index (χ0) is 24.9. The molecule has 1 saturated heterocycles. The summed E-state index contributed by atoms with van der Waals surface area (Å²) in [5.74, 6) is -1.92. The van der Waals surface area contributed by atoms with Crippen LogP contribution in [-0.2, 0) is 19.1 Å². The number of rotatable bonds is 6. The molecule has 0 bridgehead atoms. The fraction of sp³-hybridized carbons (Fsp3) is 0.385. The molecule has 0 aromatic heterocycles. The minimum atomic E-state index is -1.26. The van der Waals surface area contributed by atoms with E-state index in [1.807, 2.05) is 48.5 Å². The van der Waals surface area contributed by atoms with E-state index in [2.05, 4.69) is 5.32 Å². The molecule has 1 fully saturated rings. The molecule has 9 heteroatoms. The first-order chi connectivity index (χ1) is 16.8. The van der Waals surface area contributed by atoms with E-state index in [0.717, 1.165) is 22.3 Å². The molecule has 4 rings (SSSR count). The van der Waals surface area contributed by atoms with Crippen LogP contribution in [0.3, 0.4) is 0 Å². The fourth-order valence-corrected chi connectivity index (χ4v) is 4.83. The predicted molar refractivity (Wildman–Crippen MR) is 128 cm³/mol. The molecule has 2 N–H and O–H groups in total. The molecule has 184 valence electrons. The van der Waals surface area contributed by atoms with Gasteiger partial charge < -0.3 is 25.0 Å². The lowest BCUT2D eigenvalue weighted by molar-refractivity contribution is -0.142. The van der Waals surface area contributed by atoms with Gasteiger partial charge in [0.15, 0.2) is 0 Å². The van der Waals surface area contributed by atoms with Gasteiger partial charge in [0.1, 0.15) is 12.6 Å².